The number of hydrogen-bond acceptors (Lipinski definition) is 4. The van der Waals surface area contributed by atoms with E-state index in [1.54, 1.807) is 17.5 Å². The maximum atomic E-state index is 13.3. The molecule has 2 heterocycles. The molecule has 2 aromatic heterocycles. The summed E-state index contributed by atoms with van der Waals surface area (Å²) in [5, 5.41) is 4.38. The number of hydrogen-bond donors (Lipinski definition) is 0. The minimum absolute atomic E-state index is 0.251. The second-order valence-electron chi connectivity index (χ2n) is 7.17. The van der Waals surface area contributed by atoms with Crippen LogP contribution in [-0.4, -0.2) is 33.3 Å². The van der Waals surface area contributed by atoms with Crippen LogP contribution in [0.15, 0.2) is 12.1 Å². The van der Waals surface area contributed by atoms with Gasteiger partial charge in [-0.05, 0) is 56.9 Å². The van der Waals surface area contributed by atoms with Crippen LogP contribution in [0, 0.1) is 5.92 Å². The first-order valence-electron chi connectivity index (χ1n) is 9.18. The standard InChI is InChI=1S/C19H26FN3O2/c1-4-25-19(24)16-11-18-21-15(9-13-5-7-14(20)8-6-13)10-17(12(2)3)23(18)22-16/h10-14H,4-9H2,1-3H3. The molecule has 1 aliphatic carbocycles. The fourth-order valence-corrected chi connectivity index (χ4v) is 3.49. The van der Waals surface area contributed by atoms with E-state index >= 15 is 0 Å². The van der Waals surface area contributed by atoms with Gasteiger partial charge in [-0.15, -0.1) is 0 Å². The molecule has 0 atom stereocenters. The number of ether oxygens (including phenoxy) is 1. The quantitative estimate of drug-likeness (QED) is 0.764. The number of fused-ring (bicyclic) bond motifs is 1. The van der Waals surface area contributed by atoms with Crippen molar-refractivity contribution in [2.75, 3.05) is 6.61 Å². The van der Waals surface area contributed by atoms with Crippen LogP contribution in [-0.2, 0) is 11.2 Å². The molecule has 0 aliphatic heterocycles. The molecule has 3 rings (SSSR count). The average molecular weight is 347 g/mol. The van der Waals surface area contributed by atoms with Crippen LogP contribution < -0.4 is 0 Å². The molecule has 5 nitrogen and oxygen atoms in total. The van der Waals surface area contributed by atoms with Gasteiger partial charge in [-0.25, -0.2) is 18.7 Å². The zero-order chi connectivity index (χ0) is 18.0. The van der Waals surface area contributed by atoms with Crippen molar-refractivity contribution in [2.24, 2.45) is 5.92 Å². The maximum absolute atomic E-state index is 13.3. The summed E-state index contributed by atoms with van der Waals surface area (Å²) in [5.41, 5.74) is 2.97. The van der Waals surface area contributed by atoms with Crippen LogP contribution in [0.25, 0.3) is 5.65 Å². The van der Waals surface area contributed by atoms with E-state index in [0.717, 1.165) is 30.7 Å². The third-order valence-electron chi connectivity index (χ3n) is 4.86. The van der Waals surface area contributed by atoms with Gasteiger partial charge in [-0.2, -0.15) is 5.10 Å². The number of halogens is 1. The van der Waals surface area contributed by atoms with Gasteiger partial charge in [-0.1, -0.05) is 13.8 Å². The molecular weight excluding hydrogens is 321 g/mol. The average Bonchev–Trinajstić information content (AvgIpc) is 3.00. The second kappa shape index (κ2) is 7.50. The van der Waals surface area contributed by atoms with Crippen molar-refractivity contribution in [3.63, 3.8) is 0 Å². The molecule has 0 unspecified atom stereocenters. The van der Waals surface area contributed by atoms with E-state index in [9.17, 15) is 9.18 Å². The molecule has 0 bridgehead atoms. The van der Waals surface area contributed by atoms with Gasteiger partial charge in [0, 0.05) is 17.5 Å². The second-order valence-corrected chi connectivity index (χ2v) is 7.17. The first-order chi connectivity index (χ1) is 12.0. The summed E-state index contributed by atoms with van der Waals surface area (Å²) < 4.78 is 20.1. The molecule has 0 radical (unpaired) electrons. The maximum Gasteiger partial charge on any atom is 0.358 e. The molecule has 2 aromatic rings. The Hall–Kier alpha value is -1.98. The summed E-state index contributed by atoms with van der Waals surface area (Å²) >= 11 is 0. The van der Waals surface area contributed by atoms with Gasteiger partial charge in [0.05, 0.1) is 6.61 Å². The van der Waals surface area contributed by atoms with Crippen molar-refractivity contribution in [1.29, 1.82) is 0 Å². The normalized spacial score (nSPS) is 21.0. The summed E-state index contributed by atoms with van der Waals surface area (Å²) in [6.45, 7) is 6.28. The molecule has 25 heavy (non-hydrogen) atoms. The van der Waals surface area contributed by atoms with E-state index in [2.05, 4.69) is 25.0 Å². The van der Waals surface area contributed by atoms with Crippen molar-refractivity contribution >= 4 is 11.6 Å². The minimum Gasteiger partial charge on any atom is -0.461 e. The first kappa shape index (κ1) is 17.8. The van der Waals surface area contributed by atoms with Crippen molar-refractivity contribution in [3.8, 4) is 0 Å². The predicted octanol–water partition coefficient (Wildman–Crippen LogP) is 4.10. The monoisotopic (exact) mass is 347 g/mol. The van der Waals surface area contributed by atoms with E-state index in [4.69, 9.17) is 9.72 Å². The topological polar surface area (TPSA) is 56.5 Å². The first-order valence-corrected chi connectivity index (χ1v) is 9.18. The lowest BCUT2D eigenvalue weighted by Crippen LogP contribution is -2.18. The van der Waals surface area contributed by atoms with Crippen LogP contribution in [0.2, 0.25) is 0 Å². The van der Waals surface area contributed by atoms with Crippen LogP contribution in [0.5, 0.6) is 0 Å². The van der Waals surface area contributed by atoms with Crippen molar-refractivity contribution in [1.82, 2.24) is 14.6 Å². The van der Waals surface area contributed by atoms with Crippen molar-refractivity contribution < 1.29 is 13.9 Å². The van der Waals surface area contributed by atoms with Crippen LogP contribution in [0.3, 0.4) is 0 Å². The Morgan fingerprint density at radius 2 is 2.04 bits per heavy atom. The van der Waals surface area contributed by atoms with Gasteiger partial charge in [0.2, 0.25) is 0 Å². The van der Waals surface area contributed by atoms with E-state index < -0.39 is 12.1 Å². The smallest absolute Gasteiger partial charge is 0.358 e. The Bertz CT molecular complexity index is 748. The van der Waals surface area contributed by atoms with Crippen LogP contribution in [0.1, 0.15) is 74.2 Å². The highest BCUT2D eigenvalue weighted by Gasteiger charge is 2.22. The van der Waals surface area contributed by atoms with Gasteiger partial charge in [-0.3, -0.25) is 0 Å². The number of rotatable bonds is 5. The largest absolute Gasteiger partial charge is 0.461 e. The summed E-state index contributed by atoms with van der Waals surface area (Å²) in [4.78, 5) is 16.7. The van der Waals surface area contributed by atoms with Crippen molar-refractivity contribution in [2.45, 2.75) is 65.0 Å². The molecule has 0 N–H and O–H groups in total. The Morgan fingerprint density at radius 3 is 2.68 bits per heavy atom. The fourth-order valence-electron chi connectivity index (χ4n) is 3.49. The number of nitrogens with zero attached hydrogens (tertiary/aromatic N) is 3. The van der Waals surface area contributed by atoms with Crippen LogP contribution >= 0.6 is 0 Å². The number of carbonyl (C=O) groups excluding carboxylic acids is 1. The molecule has 0 aromatic carbocycles. The Balaban J connectivity index is 1.90. The lowest BCUT2D eigenvalue weighted by atomic mass is 9.85. The fraction of sp³-hybridized carbons (Fsp3) is 0.632. The van der Waals surface area contributed by atoms with Crippen LogP contribution in [0.4, 0.5) is 4.39 Å². The van der Waals surface area contributed by atoms with Gasteiger partial charge in [0.25, 0.3) is 0 Å². The highest BCUT2D eigenvalue weighted by atomic mass is 19.1. The minimum atomic E-state index is -0.639. The molecular formula is C19H26FN3O2. The molecule has 0 spiro atoms. The predicted molar refractivity (Wildman–Crippen MR) is 93.6 cm³/mol. The Morgan fingerprint density at radius 1 is 1.32 bits per heavy atom. The third-order valence-corrected chi connectivity index (χ3v) is 4.86. The van der Waals surface area contributed by atoms with E-state index in [0.29, 0.717) is 31.0 Å². The molecule has 1 saturated carbocycles. The number of carbonyl (C=O) groups is 1. The highest BCUT2D eigenvalue weighted by Crippen LogP contribution is 2.29. The lowest BCUT2D eigenvalue weighted by Gasteiger charge is -2.24. The Labute approximate surface area is 147 Å². The summed E-state index contributed by atoms with van der Waals surface area (Å²) in [5.74, 6) is 0.306. The highest BCUT2D eigenvalue weighted by molar-refractivity contribution is 5.88. The number of esters is 1. The number of aromatic nitrogens is 3. The van der Waals surface area contributed by atoms with Gasteiger partial charge >= 0.3 is 5.97 Å². The molecule has 136 valence electrons. The molecule has 6 heteroatoms. The zero-order valence-electron chi connectivity index (χ0n) is 15.2. The Kier molecular flexibility index (Phi) is 5.35. The third kappa shape index (κ3) is 3.99. The summed E-state index contributed by atoms with van der Waals surface area (Å²) in [6, 6.07) is 3.76. The molecule has 1 aliphatic rings. The molecule has 0 amide bonds. The number of alkyl halides is 1. The van der Waals surface area contributed by atoms with E-state index in [1.165, 1.54) is 0 Å². The molecule has 1 fully saturated rings. The lowest BCUT2D eigenvalue weighted by molar-refractivity contribution is 0.0519. The summed E-state index contributed by atoms with van der Waals surface area (Å²) in [7, 11) is 0. The zero-order valence-corrected chi connectivity index (χ0v) is 15.2. The van der Waals surface area contributed by atoms with Gasteiger partial charge in [0.15, 0.2) is 11.3 Å². The van der Waals surface area contributed by atoms with E-state index in [-0.39, 0.29) is 11.6 Å². The van der Waals surface area contributed by atoms with Gasteiger partial charge < -0.3 is 4.74 Å². The van der Waals surface area contributed by atoms with Crippen molar-refractivity contribution in [3.05, 3.63) is 29.2 Å². The molecule has 0 saturated heterocycles. The SMILES string of the molecule is CCOC(=O)c1cc2nc(CC3CCC(F)CC3)cc(C(C)C)n2n1. The summed E-state index contributed by atoms with van der Waals surface area (Å²) in [6.07, 6.45) is 3.35. The van der Waals surface area contributed by atoms with Gasteiger partial charge in [0.1, 0.15) is 6.17 Å². The van der Waals surface area contributed by atoms with E-state index in [1.807, 2.05) is 0 Å².